The molecule has 1 N–H and O–H groups in total. The van der Waals surface area contributed by atoms with E-state index in [1.54, 1.807) is 0 Å². The number of allylic oxidation sites excluding steroid dienone is 1. The largest absolute Gasteiger partial charge is 0.314 e. The first-order valence-corrected chi connectivity index (χ1v) is 4.80. The van der Waals surface area contributed by atoms with Crippen LogP contribution in [0.2, 0.25) is 0 Å². The Hall–Kier alpha value is -0.560. The molecule has 0 aliphatic heterocycles. The summed E-state index contributed by atoms with van der Waals surface area (Å²) in [6.07, 6.45) is 8.63. The first kappa shape index (κ1) is 11.4. The van der Waals surface area contributed by atoms with Crippen molar-refractivity contribution in [3.05, 3.63) is 25.3 Å². The summed E-state index contributed by atoms with van der Waals surface area (Å²) >= 11 is 0. The molecule has 0 bridgehead atoms. The monoisotopic (exact) mass is 167 g/mol. The van der Waals surface area contributed by atoms with Crippen molar-refractivity contribution >= 4 is 0 Å². The van der Waals surface area contributed by atoms with Gasteiger partial charge < -0.3 is 5.32 Å². The summed E-state index contributed by atoms with van der Waals surface area (Å²) in [4.78, 5) is 0. The lowest BCUT2D eigenvalue weighted by molar-refractivity contribution is 0.485. The van der Waals surface area contributed by atoms with Gasteiger partial charge in [-0.05, 0) is 32.2 Å². The van der Waals surface area contributed by atoms with Crippen molar-refractivity contribution < 1.29 is 0 Å². The molecule has 1 atom stereocenters. The Kier molecular flexibility index (Phi) is 8.14. The first-order valence-electron chi connectivity index (χ1n) is 4.80. The SMILES string of the molecule is C=CCCCC(CC=C)NCC. The highest BCUT2D eigenvalue weighted by Gasteiger charge is 2.02. The lowest BCUT2D eigenvalue weighted by Gasteiger charge is -2.14. The Morgan fingerprint density at radius 1 is 1.33 bits per heavy atom. The molecule has 0 amide bonds. The highest BCUT2D eigenvalue weighted by Crippen LogP contribution is 2.05. The van der Waals surface area contributed by atoms with Crippen LogP contribution >= 0.6 is 0 Å². The normalized spacial score (nSPS) is 12.4. The molecule has 0 aromatic rings. The van der Waals surface area contributed by atoms with Gasteiger partial charge in [-0.1, -0.05) is 19.1 Å². The van der Waals surface area contributed by atoms with E-state index in [1.807, 2.05) is 12.2 Å². The standard InChI is InChI=1S/C11H21N/c1-4-7-8-10-11(9-5-2)12-6-3/h4-5,11-12H,1-2,6-10H2,3H3. The molecule has 0 aromatic heterocycles. The second kappa shape index (κ2) is 8.54. The molecule has 0 aliphatic rings. The number of unbranched alkanes of at least 4 members (excludes halogenated alkanes) is 1. The Morgan fingerprint density at radius 2 is 2.08 bits per heavy atom. The predicted molar refractivity (Wildman–Crippen MR) is 56.3 cm³/mol. The molecule has 12 heavy (non-hydrogen) atoms. The summed E-state index contributed by atoms with van der Waals surface area (Å²) in [6, 6.07) is 0.618. The molecular formula is C11H21N. The molecule has 0 saturated heterocycles. The zero-order chi connectivity index (χ0) is 9.23. The molecule has 0 aliphatic carbocycles. The van der Waals surface area contributed by atoms with Crippen LogP contribution in [0.3, 0.4) is 0 Å². The number of hydrogen-bond acceptors (Lipinski definition) is 1. The maximum atomic E-state index is 3.75. The molecule has 0 spiro atoms. The van der Waals surface area contributed by atoms with Crippen molar-refractivity contribution in [3.8, 4) is 0 Å². The van der Waals surface area contributed by atoms with Gasteiger partial charge in [-0.15, -0.1) is 13.2 Å². The van der Waals surface area contributed by atoms with E-state index in [9.17, 15) is 0 Å². The molecule has 0 fully saturated rings. The summed E-state index contributed by atoms with van der Waals surface area (Å²) in [7, 11) is 0. The summed E-state index contributed by atoms with van der Waals surface area (Å²) < 4.78 is 0. The van der Waals surface area contributed by atoms with Gasteiger partial charge in [-0.25, -0.2) is 0 Å². The highest BCUT2D eigenvalue weighted by atomic mass is 14.9. The average molecular weight is 167 g/mol. The minimum Gasteiger partial charge on any atom is -0.314 e. The van der Waals surface area contributed by atoms with Crippen LogP contribution in [0.5, 0.6) is 0 Å². The van der Waals surface area contributed by atoms with Crippen molar-refractivity contribution in [2.24, 2.45) is 0 Å². The van der Waals surface area contributed by atoms with Crippen LogP contribution < -0.4 is 5.32 Å². The van der Waals surface area contributed by atoms with Crippen LogP contribution in [0.15, 0.2) is 25.3 Å². The Balaban J connectivity index is 3.46. The molecular weight excluding hydrogens is 146 g/mol. The predicted octanol–water partition coefficient (Wildman–Crippen LogP) is 2.90. The molecule has 0 radical (unpaired) electrons. The minimum absolute atomic E-state index is 0.618. The van der Waals surface area contributed by atoms with Gasteiger partial charge in [-0.2, -0.15) is 0 Å². The topological polar surface area (TPSA) is 12.0 Å². The second-order valence-corrected chi connectivity index (χ2v) is 3.00. The number of nitrogens with one attached hydrogen (secondary N) is 1. The van der Waals surface area contributed by atoms with Crippen LogP contribution in [0, 0.1) is 0 Å². The van der Waals surface area contributed by atoms with Gasteiger partial charge in [-0.3, -0.25) is 0 Å². The van der Waals surface area contributed by atoms with Crippen molar-refractivity contribution in [1.82, 2.24) is 5.32 Å². The molecule has 1 nitrogen and oxygen atoms in total. The lowest BCUT2D eigenvalue weighted by atomic mass is 10.1. The van der Waals surface area contributed by atoms with Gasteiger partial charge in [0.05, 0.1) is 0 Å². The van der Waals surface area contributed by atoms with Crippen LogP contribution in [0.1, 0.15) is 32.6 Å². The molecule has 0 saturated carbocycles. The third-order valence-electron chi connectivity index (χ3n) is 1.90. The van der Waals surface area contributed by atoms with Crippen LogP contribution in [-0.4, -0.2) is 12.6 Å². The first-order chi connectivity index (χ1) is 5.85. The fourth-order valence-corrected chi connectivity index (χ4v) is 1.30. The van der Waals surface area contributed by atoms with E-state index in [4.69, 9.17) is 0 Å². The minimum atomic E-state index is 0.618. The summed E-state index contributed by atoms with van der Waals surface area (Å²) in [5.74, 6) is 0. The average Bonchev–Trinajstić information content (AvgIpc) is 2.06. The van der Waals surface area contributed by atoms with Gasteiger partial charge in [0.2, 0.25) is 0 Å². The Labute approximate surface area is 76.6 Å². The van der Waals surface area contributed by atoms with E-state index in [0.29, 0.717) is 6.04 Å². The summed E-state index contributed by atoms with van der Waals surface area (Å²) in [6.45, 7) is 10.7. The van der Waals surface area contributed by atoms with Gasteiger partial charge in [0.25, 0.3) is 0 Å². The zero-order valence-corrected chi connectivity index (χ0v) is 8.18. The van der Waals surface area contributed by atoms with Gasteiger partial charge in [0.15, 0.2) is 0 Å². The van der Waals surface area contributed by atoms with Gasteiger partial charge >= 0.3 is 0 Å². The number of rotatable bonds is 8. The van der Waals surface area contributed by atoms with Crippen molar-refractivity contribution in [1.29, 1.82) is 0 Å². The van der Waals surface area contributed by atoms with E-state index in [1.165, 1.54) is 12.8 Å². The van der Waals surface area contributed by atoms with Crippen LogP contribution in [0.25, 0.3) is 0 Å². The van der Waals surface area contributed by atoms with Gasteiger partial charge in [0, 0.05) is 6.04 Å². The van der Waals surface area contributed by atoms with Crippen molar-refractivity contribution in [2.75, 3.05) is 6.54 Å². The van der Waals surface area contributed by atoms with E-state index in [0.717, 1.165) is 19.4 Å². The van der Waals surface area contributed by atoms with E-state index in [-0.39, 0.29) is 0 Å². The molecule has 0 aromatic carbocycles. The summed E-state index contributed by atoms with van der Waals surface area (Å²) in [5.41, 5.74) is 0. The third kappa shape index (κ3) is 6.17. The van der Waals surface area contributed by atoms with Crippen molar-refractivity contribution in [2.45, 2.75) is 38.6 Å². The molecule has 1 unspecified atom stereocenters. The Morgan fingerprint density at radius 3 is 2.58 bits per heavy atom. The number of hydrogen-bond donors (Lipinski definition) is 1. The molecule has 70 valence electrons. The van der Waals surface area contributed by atoms with E-state index < -0.39 is 0 Å². The molecule has 1 heteroatoms. The summed E-state index contributed by atoms with van der Waals surface area (Å²) in [5, 5.41) is 3.44. The lowest BCUT2D eigenvalue weighted by Crippen LogP contribution is -2.28. The van der Waals surface area contributed by atoms with E-state index >= 15 is 0 Å². The highest BCUT2D eigenvalue weighted by molar-refractivity contribution is 4.78. The zero-order valence-electron chi connectivity index (χ0n) is 8.18. The maximum Gasteiger partial charge on any atom is 0.0101 e. The quantitative estimate of drug-likeness (QED) is 0.433. The molecule has 0 rings (SSSR count). The molecule has 0 heterocycles. The van der Waals surface area contributed by atoms with Crippen LogP contribution in [-0.2, 0) is 0 Å². The smallest absolute Gasteiger partial charge is 0.0101 e. The Bertz CT molecular complexity index is 118. The third-order valence-corrected chi connectivity index (χ3v) is 1.90. The van der Waals surface area contributed by atoms with Crippen LogP contribution in [0.4, 0.5) is 0 Å². The fraction of sp³-hybridized carbons (Fsp3) is 0.636. The van der Waals surface area contributed by atoms with Gasteiger partial charge in [0.1, 0.15) is 0 Å². The van der Waals surface area contributed by atoms with E-state index in [2.05, 4.69) is 25.4 Å². The van der Waals surface area contributed by atoms with Crippen molar-refractivity contribution in [3.63, 3.8) is 0 Å². The maximum absolute atomic E-state index is 3.75. The second-order valence-electron chi connectivity index (χ2n) is 3.00. The fourth-order valence-electron chi connectivity index (χ4n) is 1.30.